The molecule has 1 amide bonds. The lowest BCUT2D eigenvalue weighted by Gasteiger charge is -2.26. The number of hydrogen-bond acceptors (Lipinski definition) is 4. The van der Waals surface area contributed by atoms with Crippen LogP contribution >= 0.6 is 0 Å². The molecule has 0 saturated heterocycles. The van der Waals surface area contributed by atoms with Gasteiger partial charge in [0.25, 0.3) is 0 Å². The highest BCUT2D eigenvalue weighted by atomic mass is 16.5. The minimum Gasteiger partial charge on any atom is -0.382 e. The summed E-state index contributed by atoms with van der Waals surface area (Å²) in [5, 5.41) is 2.89. The minimum absolute atomic E-state index is 0.0722. The first-order chi connectivity index (χ1) is 9.15. The molecule has 1 fully saturated rings. The minimum atomic E-state index is -0.0722. The molecule has 1 saturated carbocycles. The molecule has 3 unspecified atom stereocenters. The third kappa shape index (κ3) is 6.89. The lowest BCUT2D eigenvalue weighted by molar-refractivity contribution is -0.122. The van der Waals surface area contributed by atoms with Gasteiger partial charge >= 0.3 is 0 Å². The van der Waals surface area contributed by atoms with Gasteiger partial charge in [0.1, 0.15) is 0 Å². The summed E-state index contributed by atoms with van der Waals surface area (Å²) in [5.74, 6) is 0.712. The van der Waals surface area contributed by atoms with Crippen LogP contribution in [0.4, 0.5) is 0 Å². The normalized spacial score (nSPS) is 25.0. The Morgan fingerprint density at radius 2 is 2.21 bits per heavy atom. The number of methoxy groups -OCH3 is 2. The van der Waals surface area contributed by atoms with Crippen LogP contribution in [0, 0.1) is 5.92 Å². The van der Waals surface area contributed by atoms with Crippen molar-refractivity contribution < 1.29 is 14.3 Å². The van der Waals surface area contributed by atoms with Crippen LogP contribution < -0.4 is 11.1 Å². The lowest BCUT2D eigenvalue weighted by Crippen LogP contribution is -2.36. The van der Waals surface area contributed by atoms with Gasteiger partial charge < -0.3 is 20.5 Å². The van der Waals surface area contributed by atoms with Crippen LogP contribution in [0.5, 0.6) is 0 Å². The fourth-order valence-corrected chi connectivity index (χ4v) is 2.64. The Hall–Kier alpha value is -0.650. The quantitative estimate of drug-likeness (QED) is 0.693. The zero-order chi connectivity index (χ0) is 14.1. The van der Waals surface area contributed by atoms with Crippen LogP contribution in [0.25, 0.3) is 0 Å². The zero-order valence-corrected chi connectivity index (χ0v) is 12.2. The van der Waals surface area contributed by atoms with Crippen molar-refractivity contribution in [3.05, 3.63) is 0 Å². The molecule has 5 nitrogen and oxygen atoms in total. The molecule has 0 aliphatic heterocycles. The maximum absolute atomic E-state index is 11.8. The molecular formula is C14H28N2O3. The first kappa shape index (κ1) is 16.4. The van der Waals surface area contributed by atoms with Crippen LogP contribution in [-0.2, 0) is 14.3 Å². The second-order valence-corrected chi connectivity index (χ2v) is 5.45. The van der Waals surface area contributed by atoms with E-state index in [1.54, 1.807) is 14.2 Å². The van der Waals surface area contributed by atoms with E-state index < -0.39 is 0 Å². The standard InChI is InChI=1S/C14H28N2O3/c1-18-10-13(19-2)9-16-14(17)7-6-11-4-3-5-12(15)8-11/h11-13H,3-10,15H2,1-2H3,(H,16,17). The third-order valence-electron chi connectivity index (χ3n) is 3.82. The number of hydrogen-bond donors (Lipinski definition) is 2. The summed E-state index contributed by atoms with van der Waals surface area (Å²) in [6, 6.07) is 0.335. The summed E-state index contributed by atoms with van der Waals surface area (Å²) in [6.07, 6.45) is 6.07. The lowest BCUT2D eigenvalue weighted by atomic mass is 9.83. The average Bonchev–Trinajstić information content (AvgIpc) is 2.41. The molecular weight excluding hydrogens is 244 g/mol. The predicted octanol–water partition coefficient (Wildman–Crippen LogP) is 1.06. The van der Waals surface area contributed by atoms with Crippen LogP contribution in [0.1, 0.15) is 38.5 Å². The summed E-state index contributed by atoms with van der Waals surface area (Å²) in [5.41, 5.74) is 5.95. The van der Waals surface area contributed by atoms with E-state index in [0.717, 1.165) is 19.3 Å². The van der Waals surface area contributed by atoms with E-state index in [1.807, 2.05) is 0 Å². The molecule has 3 N–H and O–H groups in total. The Bertz CT molecular complexity index is 261. The van der Waals surface area contributed by atoms with Gasteiger partial charge in [-0.3, -0.25) is 4.79 Å². The van der Waals surface area contributed by atoms with Gasteiger partial charge in [0.15, 0.2) is 0 Å². The summed E-state index contributed by atoms with van der Waals surface area (Å²) in [4.78, 5) is 11.8. The van der Waals surface area contributed by atoms with Gasteiger partial charge in [0.05, 0.1) is 12.7 Å². The average molecular weight is 272 g/mol. The summed E-state index contributed by atoms with van der Waals surface area (Å²) in [6.45, 7) is 1.00. The van der Waals surface area contributed by atoms with Crippen molar-refractivity contribution in [2.45, 2.75) is 50.7 Å². The molecule has 1 aliphatic rings. The maximum atomic E-state index is 11.8. The van der Waals surface area contributed by atoms with Crippen LogP contribution in [0.15, 0.2) is 0 Å². The van der Waals surface area contributed by atoms with Crippen molar-refractivity contribution >= 4 is 5.91 Å². The van der Waals surface area contributed by atoms with E-state index in [9.17, 15) is 4.79 Å². The van der Waals surface area contributed by atoms with Crippen molar-refractivity contribution in [1.82, 2.24) is 5.32 Å². The summed E-state index contributed by atoms with van der Waals surface area (Å²) >= 11 is 0. The van der Waals surface area contributed by atoms with Crippen molar-refractivity contribution in [2.75, 3.05) is 27.4 Å². The number of nitrogens with two attached hydrogens (primary N) is 1. The Balaban J connectivity index is 2.13. The molecule has 0 aromatic heterocycles. The molecule has 3 atom stereocenters. The zero-order valence-electron chi connectivity index (χ0n) is 12.2. The molecule has 0 bridgehead atoms. The van der Waals surface area contributed by atoms with Gasteiger partial charge in [-0.25, -0.2) is 0 Å². The molecule has 1 aliphatic carbocycles. The number of amides is 1. The molecule has 1 rings (SSSR count). The van der Waals surface area contributed by atoms with Gasteiger partial charge in [-0.1, -0.05) is 12.8 Å². The summed E-state index contributed by atoms with van der Waals surface area (Å²) in [7, 11) is 3.25. The van der Waals surface area contributed by atoms with E-state index in [2.05, 4.69) is 5.32 Å². The molecule has 0 aromatic rings. The highest BCUT2D eigenvalue weighted by Gasteiger charge is 2.20. The molecule has 5 heteroatoms. The van der Waals surface area contributed by atoms with Crippen molar-refractivity contribution in [1.29, 1.82) is 0 Å². The Morgan fingerprint density at radius 3 is 2.84 bits per heavy atom. The highest BCUT2D eigenvalue weighted by Crippen LogP contribution is 2.26. The molecule has 19 heavy (non-hydrogen) atoms. The first-order valence-electron chi connectivity index (χ1n) is 7.19. The maximum Gasteiger partial charge on any atom is 0.220 e. The fourth-order valence-electron chi connectivity index (χ4n) is 2.64. The number of carbonyl (C=O) groups excluding carboxylic acids is 1. The molecule has 0 radical (unpaired) electrons. The van der Waals surface area contributed by atoms with Gasteiger partial charge in [0.2, 0.25) is 5.91 Å². The fraction of sp³-hybridized carbons (Fsp3) is 0.929. The number of carbonyl (C=O) groups is 1. The Morgan fingerprint density at radius 1 is 1.42 bits per heavy atom. The molecule has 0 spiro atoms. The van der Waals surface area contributed by atoms with Crippen molar-refractivity contribution in [3.63, 3.8) is 0 Å². The number of rotatable bonds is 8. The van der Waals surface area contributed by atoms with E-state index in [1.165, 1.54) is 12.8 Å². The molecule has 0 heterocycles. The second kappa shape index (κ2) is 9.28. The van der Waals surface area contributed by atoms with Crippen LogP contribution in [-0.4, -0.2) is 45.4 Å². The molecule has 0 aromatic carbocycles. The van der Waals surface area contributed by atoms with Crippen LogP contribution in [0.3, 0.4) is 0 Å². The van der Waals surface area contributed by atoms with E-state index in [4.69, 9.17) is 15.2 Å². The van der Waals surface area contributed by atoms with Gasteiger partial charge in [-0.15, -0.1) is 0 Å². The Kier molecular flexibility index (Phi) is 8.02. The van der Waals surface area contributed by atoms with E-state index in [0.29, 0.717) is 31.5 Å². The monoisotopic (exact) mass is 272 g/mol. The third-order valence-corrected chi connectivity index (χ3v) is 3.82. The van der Waals surface area contributed by atoms with Gasteiger partial charge in [-0.2, -0.15) is 0 Å². The largest absolute Gasteiger partial charge is 0.382 e. The van der Waals surface area contributed by atoms with Crippen LogP contribution in [0.2, 0.25) is 0 Å². The topological polar surface area (TPSA) is 73.6 Å². The smallest absolute Gasteiger partial charge is 0.220 e. The van der Waals surface area contributed by atoms with Crippen molar-refractivity contribution in [3.8, 4) is 0 Å². The summed E-state index contributed by atoms with van der Waals surface area (Å²) < 4.78 is 10.2. The number of ether oxygens (including phenoxy) is 2. The predicted molar refractivity (Wildman–Crippen MR) is 74.9 cm³/mol. The van der Waals surface area contributed by atoms with E-state index >= 15 is 0 Å². The highest BCUT2D eigenvalue weighted by molar-refractivity contribution is 5.75. The Labute approximate surface area is 116 Å². The second-order valence-electron chi connectivity index (χ2n) is 5.45. The van der Waals surface area contributed by atoms with Gasteiger partial charge in [0, 0.05) is 33.2 Å². The van der Waals surface area contributed by atoms with E-state index in [-0.39, 0.29) is 12.0 Å². The number of nitrogens with one attached hydrogen (secondary N) is 1. The van der Waals surface area contributed by atoms with Gasteiger partial charge in [-0.05, 0) is 25.2 Å². The first-order valence-corrected chi connectivity index (χ1v) is 7.19. The SMILES string of the molecule is COCC(CNC(=O)CCC1CCCC(N)C1)OC. The van der Waals surface area contributed by atoms with Crippen molar-refractivity contribution in [2.24, 2.45) is 11.7 Å². The molecule has 112 valence electrons.